The number of carbonyl (C=O) groups excluding carboxylic acids is 2. The average molecular weight is 455 g/mol. The monoisotopic (exact) mass is 454 g/mol. The van der Waals surface area contributed by atoms with E-state index in [2.05, 4.69) is 10.3 Å². The summed E-state index contributed by atoms with van der Waals surface area (Å²) >= 11 is 1.56. The van der Waals surface area contributed by atoms with Crippen molar-refractivity contribution < 1.29 is 28.5 Å². The molecule has 0 fully saturated rings. The zero-order valence-electron chi connectivity index (χ0n) is 17.6. The molecule has 0 spiro atoms. The summed E-state index contributed by atoms with van der Waals surface area (Å²) in [6, 6.07) is 12.0. The van der Waals surface area contributed by atoms with Crippen molar-refractivity contribution in [1.82, 2.24) is 10.3 Å². The van der Waals surface area contributed by atoms with Crippen molar-refractivity contribution in [1.29, 1.82) is 0 Å². The Morgan fingerprint density at radius 1 is 1.16 bits per heavy atom. The quantitative estimate of drug-likeness (QED) is 0.519. The number of hydrogen-bond donors (Lipinski definition) is 1. The van der Waals surface area contributed by atoms with E-state index < -0.39 is 18.0 Å². The minimum Gasteiger partial charge on any atom is -0.487 e. The van der Waals surface area contributed by atoms with Gasteiger partial charge >= 0.3 is 5.97 Å². The van der Waals surface area contributed by atoms with Gasteiger partial charge in [-0.25, -0.2) is 9.78 Å². The van der Waals surface area contributed by atoms with E-state index in [1.807, 2.05) is 18.4 Å². The molecular formula is C23H22N2O6S. The predicted octanol–water partition coefficient (Wildman–Crippen LogP) is 3.62. The van der Waals surface area contributed by atoms with Gasteiger partial charge in [-0.3, -0.25) is 4.79 Å². The molecule has 1 N–H and O–H groups in total. The number of nitrogens with zero attached hydrogens (tertiary/aromatic N) is 1. The summed E-state index contributed by atoms with van der Waals surface area (Å²) in [5, 5.41) is 5.68. The molecule has 2 aromatic carbocycles. The van der Waals surface area contributed by atoms with Crippen LogP contribution in [0.5, 0.6) is 17.2 Å². The highest BCUT2D eigenvalue weighted by Gasteiger charge is 2.19. The maximum Gasteiger partial charge on any atom is 0.338 e. The average Bonchev–Trinajstić information content (AvgIpc) is 3.44. The van der Waals surface area contributed by atoms with E-state index in [9.17, 15) is 9.59 Å². The van der Waals surface area contributed by atoms with Crippen LogP contribution in [0.2, 0.25) is 0 Å². The van der Waals surface area contributed by atoms with Gasteiger partial charge in [0.1, 0.15) is 12.4 Å². The van der Waals surface area contributed by atoms with Gasteiger partial charge in [-0.1, -0.05) is 6.07 Å². The van der Waals surface area contributed by atoms with Crippen LogP contribution in [0.15, 0.2) is 47.8 Å². The molecule has 0 saturated heterocycles. The molecule has 0 bridgehead atoms. The number of aromatic nitrogens is 1. The van der Waals surface area contributed by atoms with Gasteiger partial charge in [-0.15, -0.1) is 11.3 Å². The second-order valence-corrected chi connectivity index (χ2v) is 8.19. The Kier molecular flexibility index (Phi) is 6.55. The van der Waals surface area contributed by atoms with Crippen LogP contribution < -0.4 is 19.5 Å². The molecule has 1 aliphatic heterocycles. The molecule has 0 radical (unpaired) electrons. The van der Waals surface area contributed by atoms with Crippen LogP contribution in [-0.4, -0.2) is 29.8 Å². The molecule has 166 valence electrons. The molecule has 9 heteroatoms. The Bertz CT molecular complexity index is 1110. The van der Waals surface area contributed by atoms with Crippen molar-refractivity contribution in [3.8, 4) is 17.2 Å². The van der Waals surface area contributed by atoms with Crippen LogP contribution in [0.4, 0.5) is 0 Å². The Labute approximate surface area is 189 Å². The van der Waals surface area contributed by atoms with E-state index in [-0.39, 0.29) is 13.3 Å². The number of hydrogen-bond acceptors (Lipinski definition) is 8. The minimum absolute atomic E-state index is 0.191. The SMILES string of the molecule is Cc1nc(COc2ccc(C(=O)OC(C)C(=O)NCc3ccc4c(c3)OCO4)cc2)cs1. The van der Waals surface area contributed by atoms with Crippen LogP contribution >= 0.6 is 11.3 Å². The number of carbonyl (C=O) groups is 2. The third-order valence-corrected chi connectivity index (χ3v) is 5.52. The minimum atomic E-state index is -0.944. The predicted molar refractivity (Wildman–Crippen MR) is 117 cm³/mol. The molecule has 1 aromatic heterocycles. The molecule has 0 aliphatic carbocycles. The number of nitrogens with one attached hydrogen (secondary N) is 1. The van der Waals surface area contributed by atoms with Crippen LogP contribution in [-0.2, 0) is 22.7 Å². The fraction of sp³-hybridized carbons (Fsp3) is 0.261. The molecular weight excluding hydrogens is 432 g/mol. The summed E-state index contributed by atoms with van der Waals surface area (Å²) in [5.74, 6) is 0.955. The molecule has 4 rings (SSSR count). The Morgan fingerprint density at radius 2 is 1.94 bits per heavy atom. The molecule has 8 nitrogen and oxygen atoms in total. The largest absolute Gasteiger partial charge is 0.487 e. The second kappa shape index (κ2) is 9.69. The van der Waals surface area contributed by atoms with Gasteiger partial charge in [0.05, 0.1) is 16.3 Å². The highest BCUT2D eigenvalue weighted by molar-refractivity contribution is 7.09. The summed E-state index contributed by atoms with van der Waals surface area (Å²) in [4.78, 5) is 29.0. The van der Waals surface area contributed by atoms with Crippen molar-refractivity contribution in [2.45, 2.75) is 33.1 Å². The lowest BCUT2D eigenvalue weighted by Crippen LogP contribution is -2.35. The normalized spacial score (nSPS) is 12.8. The van der Waals surface area contributed by atoms with E-state index in [0.29, 0.717) is 29.4 Å². The Hall–Kier alpha value is -3.59. The summed E-state index contributed by atoms with van der Waals surface area (Å²) in [7, 11) is 0. The van der Waals surface area contributed by atoms with Crippen LogP contribution in [0.25, 0.3) is 0 Å². The third kappa shape index (κ3) is 5.36. The first-order valence-corrected chi connectivity index (χ1v) is 10.9. The molecule has 1 atom stereocenters. The number of benzene rings is 2. The topological polar surface area (TPSA) is 96.0 Å². The second-order valence-electron chi connectivity index (χ2n) is 7.12. The molecule has 1 unspecified atom stereocenters. The first-order valence-electron chi connectivity index (χ1n) is 9.99. The summed E-state index contributed by atoms with van der Waals surface area (Å²) in [6.07, 6.45) is -0.944. The number of aryl methyl sites for hydroxylation is 1. The first kappa shape index (κ1) is 21.6. The lowest BCUT2D eigenvalue weighted by Gasteiger charge is -2.14. The fourth-order valence-electron chi connectivity index (χ4n) is 2.98. The first-order chi connectivity index (χ1) is 15.5. The van der Waals surface area contributed by atoms with Gasteiger partial charge in [-0.05, 0) is 55.8 Å². The van der Waals surface area contributed by atoms with Crippen molar-refractivity contribution in [2.75, 3.05) is 6.79 Å². The lowest BCUT2D eigenvalue weighted by molar-refractivity contribution is -0.129. The number of ether oxygens (including phenoxy) is 4. The van der Waals surface area contributed by atoms with Crippen molar-refractivity contribution in [3.05, 3.63) is 69.7 Å². The maximum absolute atomic E-state index is 12.4. The zero-order valence-corrected chi connectivity index (χ0v) is 18.4. The molecule has 2 heterocycles. The number of fused-ring (bicyclic) bond motifs is 1. The Balaban J connectivity index is 1.24. The lowest BCUT2D eigenvalue weighted by atomic mass is 10.2. The number of rotatable bonds is 8. The summed E-state index contributed by atoms with van der Waals surface area (Å²) in [5.41, 5.74) is 2.04. The molecule has 0 saturated carbocycles. The van der Waals surface area contributed by atoms with Crippen molar-refractivity contribution in [2.24, 2.45) is 0 Å². The molecule has 1 aliphatic rings. The van der Waals surface area contributed by atoms with Gasteiger partial charge in [0, 0.05) is 11.9 Å². The molecule has 3 aromatic rings. The van der Waals surface area contributed by atoms with Gasteiger partial charge in [0.2, 0.25) is 6.79 Å². The Morgan fingerprint density at radius 3 is 2.69 bits per heavy atom. The van der Waals surface area contributed by atoms with E-state index in [1.165, 1.54) is 6.92 Å². The van der Waals surface area contributed by atoms with E-state index >= 15 is 0 Å². The summed E-state index contributed by atoms with van der Waals surface area (Å²) < 4.78 is 21.6. The zero-order chi connectivity index (χ0) is 22.5. The maximum atomic E-state index is 12.4. The van der Waals surface area contributed by atoms with Gasteiger partial charge < -0.3 is 24.3 Å². The van der Waals surface area contributed by atoms with E-state index in [1.54, 1.807) is 47.7 Å². The molecule has 1 amide bonds. The highest BCUT2D eigenvalue weighted by atomic mass is 32.1. The van der Waals surface area contributed by atoms with E-state index in [4.69, 9.17) is 18.9 Å². The van der Waals surface area contributed by atoms with Crippen molar-refractivity contribution in [3.63, 3.8) is 0 Å². The highest BCUT2D eigenvalue weighted by Crippen LogP contribution is 2.32. The van der Waals surface area contributed by atoms with Crippen molar-refractivity contribution >= 4 is 23.2 Å². The standard InChI is InChI=1S/C23H22N2O6S/c1-14(22(26)24-10-16-3-8-20-21(9-16)30-13-29-20)31-23(27)17-4-6-19(7-5-17)28-11-18-12-32-15(2)25-18/h3-9,12,14H,10-11,13H2,1-2H3,(H,24,26). The number of thiazole rings is 1. The van der Waals surface area contributed by atoms with Gasteiger partial charge in [-0.2, -0.15) is 0 Å². The van der Waals surface area contributed by atoms with E-state index in [0.717, 1.165) is 16.3 Å². The number of esters is 1. The number of amides is 1. The smallest absolute Gasteiger partial charge is 0.338 e. The van der Waals surface area contributed by atoms with Crippen LogP contribution in [0, 0.1) is 6.92 Å². The van der Waals surface area contributed by atoms with Gasteiger partial charge in [0.25, 0.3) is 5.91 Å². The van der Waals surface area contributed by atoms with Gasteiger partial charge in [0.15, 0.2) is 17.6 Å². The van der Waals surface area contributed by atoms with Crippen LogP contribution in [0.3, 0.4) is 0 Å². The summed E-state index contributed by atoms with van der Waals surface area (Å²) in [6.45, 7) is 4.29. The van der Waals surface area contributed by atoms with Crippen LogP contribution in [0.1, 0.15) is 33.5 Å². The fourth-order valence-corrected chi connectivity index (χ4v) is 3.58. The molecule has 32 heavy (non-hydrogen) atoms. The third-order valence-electron chi connectivity index (χ3n) is 4.70.